The van der Waals surface area contributed by atoms with E-state index in [1.165, 1.54) is 24.8 Å². The van der Waals surface area contributed by atoms with Gasteiger partial charge < -0.3 is 10.4 Å². The van der Waals surface area contributed by atoms with E-state index in [-0.39, 0.29) is 23.8 Å². The lowest BCUT2D eigenvalue weighted by Gasteiger charge is -2.43. The SMILES string of the molecule is O=C(NCC1(CO)CCC1)[C@H]1CCCN(C2CCN(Cc3ccncc3)CC2)C1. The molecule has 1 aliphatic carbocycles. The number of aliphatic hydroxyl groups is 1. The molecule has 0 unspecified atom stereocenters. The van der Waals surface area contributed by atoms with Crippen LogP contribution >= 0.6 is 0 Å². The fourth-order valence-corrected chi connectivity index (χ4v) is 5.23. The van der Waals surface area contributed by atoms with Crippen LogP contribution in [0.2, 0.25) is 0 Å². The first-order valence-electron chi connectivity index (χ1n) is 11.4. The minimum absolute atomic E-state index is 0.0361. The molecule has 3 heterocycles. The number of hydrogen-bond donors (Lipinski definition) is 2. The minimum Gasteiger partial charge on any atom is -0.396 e. The van der Waals surface area contributed by atoms with E-state index in [1.807, 2.05) is 12.4 Å². The molecule has 1 aromatic heterocycles. The number of rotatable bonds is 7. The molecule has 3 aliphatic rings. The van der Waals surface area contributed by atoms with Gasteiger partial charge in [0.1, 0.15) is 0 Å². The number of pyridine rings is 1. The Balaban J connectivity index is 1.22. The van der Waals surface area contributed by atoms with E-state index in [0.29, 0.717) is 12.6 Å². The summed E-state index contributed by atoms with van der Waals surface area (Å²) in [5.41, 5.74) is 1.30. The van der Waals surface area contributed by atoms with E-state index in [0.717, 1.165) is 58.4 Å². The summed E-state index contributed by atoms with van der Waals surface area (Å²) in [5, 5.41) is 12.8. The molecule has 2 aliphatic heterocycles. The first-order chi connectivity index (χ1) is 14.2. The van der Waals surface area contributed by atoms with Crippen LogP contribution in [0.1, 0.15) is 50.5 Å². The van der Waals surface area contributed by atoms with Crippen LogP contribution in [-0.2, 0) is 11.3 Å². The van der Waals surface area contributed by atoms with Gasteiger partial charge in [0, 0.05) is 43.5 Å². The third-order valence-corrected chi connectivity index (χ3v) is 7.44. The number of nitrogens with one attached hydrogen (secondary N) is 1. The summed E-state index contributed by atoms with van der Waals surface area (Å²) in [6.07, 6.45) is 11.5. The molecule has 6 heteroatoms. The monoisotopic (exact) mass is 400 g/mol. The predicted molar refractivity (Wildman–Crippen MR) is 113 cm³/mol. The second-order valence-corrected chi connectivity index (χ2v) is 9.43. The number of likely N-dealkylation sites (tertiary alicyclic amines) is 2. The Bertz CT molecular complexity index is 651. The molecule has 1 saturated carbocycles. The van der Waals surface area contributed by atoms with Gasteiger partial charge in [-0.25, -0.2) is 0 Å². The molecule has 0 radical (unpaired) electrons. The van der Waals surface area contributed by atoms with Crippen LogP contribution < -0.4 is 5.32 Å². The van der Waals surface area contributed by atoms with Gasteiger partial charge in [-0.1, -0.05) is 6.42 Å². The normalized spacial score (nSPS) is 26.0. The van der Waals surface area contributed by atoms with Crippen LogP contribution in [0.5, 0.6) is 0 Å². The Morgan fingerprint density at radius 2 is 1.90 bits per heavy atom. The summed E-state index contributed by atoms with van der Waals surface area (Å²) < 4.78 is 0. The minimum atomic E-state index is -0.0361. The maximum atomic E-state index is 12.8. The van der Waals surface area contributed by atoms with E-state index in [1.54, 1.807) is 0 Å². The highest BCUT2D eigenvalue weighted by atomic mass is 16.3. The molecule has 160 valence electrons. The first-order valence-corrected chi connectivity index (χ1v) is 11.4. The Kier molecular flexibility index (Phi) is 6.83. The summed E-state index contributed by atoms with van der Waals surface area (Å²) in [5.74, 6) is 0.305. The largest absolute Gasteiger partial charge is 0.396 e. The lowest BCUT2D eigenvalue weighted by atomic mass is 9.69. The number of hydrogen-bond acceptors (Lipinski definition) is 5. The number of piperidine rings is 2. The molecular weight excluding hydrogens is 364 g/mol. The smallest absolute Gasteiger partial charge is 0.224 e. The number of aromatic nitrogens is 1. The highest BCUT2D eigenvalue weighted by Crippen LogP contribution is 2.39. The number of amides is 1. The third kappa shape index (κ3) is 5.16. The van der Waals surface area contributed by atoms with Crippen molar-refractivity contribution in [2.45, 2.75) is 57.5 Å². The standard InChI is InChI=1S/C23H36N4O2/c28-18-23(8-2-9-23)17-25-22(29)20-3-1-12-27(16-20)21-6-13-26(14-7-21)15-19-4-10-24-11-5-19/h4-5,10-11,20-21,28H,1-3,6-9,12-18H2,(H,25,29)/t20-/m0/s1. The molecule has 0 aromatic carbocycles. The Morgan fingerprint density at radius 1 is 1.14 bits per heavy atom. The van der Waals surface area contributed by atoms with Gasteiger partial charge in [0.25, 0.3) is 0 Å². The fraction of sp³-hybridized carbons (Fsp3) is 0.739. The Morgan fingerprint density at radius 3 is 2.55 bits per heavy atom. The molecule has 6 nitrogen and oxygen atoms in total. The molecule has 0 bridgehead atoms. The lowest BCUT2D eigenvalue weighted by molar-refractivity contribution is -0.128. The number of carbonyl (C=O) groups is 1. The molecule has 0 spiro atoms. The second-order valence-electron chi connectivity index (χ2n) is 9.43. The van der Waals surface area contributed by atoms with Crippen molar-refractivity contribution in [1.29, 1.82) is 0 Å². The lowest BCUT2D eigenvalue weighted by Crippen LogP contribution is -2.52. The summed E-state index contributed by atoms with van der Waals surface area (Å²) in [6.45, 7) is 6.12. The first kappa shape index (κ1) is 20.8. The van der Waals surface area contributed by atoms with Crippen molar-refractivity contribution in [3.63, 3.8) is 0 Å². The van der Waals surface area contributed by atoms with Crippen LogP contribution in [-0.4, -0.2) is 71.2 Å². The molecule has 2 N–H and O–H groups in total. The van der Waals surface area contributed by atoms with Crippen molar-refractivity contribution < 1.29 is 9.90 Å². The molecule has 1 amide bonds. The van der Waals surface area contributed by atoms with Crippen molar-refractivity contribution >= 4 is 5.91 Å². The zero-order chi connectivity index (χ0) is 20.1. The molecule has 4 rings (SSSR count). The van der Waals surface area contributed by atoms with Gasteiger partial charge in [0.2, 0.25) is 5.91 Å². The average Bonchev–Trinajstić information content (AvgIpc) is 2.74. The summed E-state index contributed by atoms with van der Waals surface area (Å²) >= 11 is 0. The van der Waals surface area contributed by atoms with E-state index in [2.05, 4.69) is 32.2 Å². The predicted octanol–water partition coefficient (Wildman–Crippen LogP) is 2.04. The third-order valence-electron chi connectivity index (χ3n) is 7.44. The van der Waals surface area contributed by atoms with E-state index < -0.39 is 0 Å². The van der Waals surface area contributed by atoms with Crippen molar-refractivity contribution in [2.24, 2.45) is 11.3 Å². The van der Waals surface area contributed by atoms with Crippen LogP contribution in [0.3, 0.4) is 0 Å². The molecule has 1 atom stereocenters. The van der Waals surface area contributed by atoms with E-state index in [4.69, 9.17) is 0 Å². The summed E-state index contributed by atoms with van der Waals surface area (Å²) in [6, 6.07) is 4.81. The van der Waals surface area contributed by atoms with Gasteiger partial charge >= 0.3 is 0 Å². The van der Waals surface area contributed by atoms with Crippen LogP contribution in [0.25, 0.3) is 0 Å². The highest BCUT2D eigenvalue weighted by Gasteiger charge is 2.38. The highest BCUT2D eigenvalue weighted by molar-refractivity contribution is 5.79. The maximum Gasteiger partial charge on any atom is 0.224 e. The molecule has 29 heavy (non-hydrogen) atoms. The Labute approximate surface area is 174 Å². The van der Waals surface area contributed by atoms with Crippen molar-refractivity contribution in [3.8, 4) is 0 Å². The molecular formula is C23H36N4O2. The molecule has 1 aromatic rings. The van der Waals surface area contributed by atoms with Crippen LogP contribution in [0.4, 0.5) is 0 Å². The topological polar surface area (TPSA) is 68.7 Å². The van der Waals surface area contributed by atoms with Gasteiger partial charge in [0.05, 0.1) is 12.5 Å². The summed E-state index contributed by atoms with van der Waals surface area (Å²) in [7, 11) is 0. The quantitative estimate of drug-likeness (QED) is 0.733. The van der Waals surface area contributed by atoms with Crippen molar-refractivity contribution in [2.75, 3.05) is 39.3 Å². The van der Waals surface area contributed by atoms with Gasteiger partial charge in [-0.05, 0) is 75.9 Å². The molecule has 2 saturated heterocycles. The number of aliphatic hydroxyl groups excluding tert-OH is 1. The average molecular weight is 401 g/mol. The summed E-state index contributed by atoms with van der Waals surface area (Å²) in [4.78, 5) is 22.0. The van der Waals surface area contributed by atoms with Crippen LogP contribution in [0.15, 0.2) is 24.5 Å². The second kappa shape index (κ2) is 9.54. The Hall–Kier alpha value is -1.50. The van der Waals surface area contributed by atoms with Gasteiger partial charge in [0.15, 0.2) is 0 Å². The fourth-order valence-electron chi connectivity index (χ4n) is 5.23. The zero-order valence-corrected chi connectivity index (χ0v) is 17.6. The maximum absolute atomic E-state index is 12.8. The molecule has 3 fully saturated rings. The van der Waals surface area contributed by atoms with Gasteiger partial charge in [-0.2, -0.15) is 0 Å². The van der Waals surface area contributed by atoms with Crippen molar-refractivity contribution in [1.82, 2.24) is 20.1 Å². The van der Waals surface area contributed by atoms with Gasteiger partial charge in [-0.3, -0.25) is 19.6 Å². The number of nitrogens with zero attached hydrogens (tertiary/aromatic N) is 3. The van der Waals surface area contributed by atoms with Crippen LogP contribution in [0, 0.1) is 11.3 Å². The zero-order valence-electron chi connectivity index (χ0n) is 17.6. The van der Waals surface area contributed by atoms with Gasteiger partial charge in [-0.15, -0.1) is 0 Å². The number of carbonyl (C=O) groups excluding carboxylic acids is 1. The van der Waals surface area contributed by atoms with Crippen molar-refractivity contribution in [3.05, 3.63) is 30.1 Å². The van der Waals surface area contributed by atoms with E-state index >= 15 is 0 Å². The van der Waals surface area contributed by atoms with E-state index in [9.17, 15) is 9.90 Å².